The molecule has 2 aliphatic carbocycles. The zero-order valence-corrected chi connectivity index (χ0v) is 12.7. The molecular formula is C17H32N2. The lowest BCUT2D eigenvalue weighted by Gasteiger charge is -2.45. The molecule has 2 heteroatoms. The molecule has 3 aliphatic rings. The Balaban J connectivity index is 1.38. The Kier molecular flexibility index (Phi) is 4.81. The standard InChI is InChI=1S/C17H32N2/c1-14-10-17(11-14)19-9-5-8-16(13-19)18-12-15-6-3-2-4-7-15/h14-18H,2-13H2,1H3. The highest BCUT2D eigenvalue weighted by Crippen LogP contribution is 2.32. The molecule has 2 nitrogen and oxygen atoms in total. The van der Waals surface area contributed by atoms with Crippen LogP contribution in [0.4, 0.5) is 0 Å². The number of piperidine rings is 1. The summed E-state index contributed by atoms with van der Waals surface area (Å²) >= 11 is 0. The van der Waals surface area contributed by atoms with Gasteiger partial charge in [0.15, 0.2) is 0 Å². The Labute approximate surface area is 119 Å². The van der Waals surface area contributed by atoms with Gasteiger partial charge in [-0.3, -0.25) is 4.90 Å². The summed E-state index contributed by atoms with van der Waals surface area (Å²) in [6, 6.07) is 1.71. The summed E-state index contributed by atoms with van der Waals surface area (Å²) in [5, 5.41) is 3.89. The predicted octanol–water partition coefficient (Wildman–Crippen LogP) is 3.42. The van der Waals surface area contributed by atoms with Crippen LogP contribution >= 0.6 is 0 Å². The van der Waals surface area contributed by atoms with Crippen LogP contribution < -0.4 is 5.32 Å². The molecule has 1 N–H and O–H groups in total. The summed E-state index contributed by atoms with van der Waals surface area (Å²) in [5.74, 6) is 1.97. The van der Waals surface area contributed by atoms with Crippen molar-refractivity contribution in [2.24, 2.45) is 11.8 Å². The van der Waals surface area contributed by atoms with E-state index in [0.717, 1.165) is 23.9 Å². The second-order valence-corrected chi connectivity index (χ2v) is 7.48. The number of likely N-dealkylation sites (tertiary alicyclic amines) is 1. The molecule has 3 rings (SSSR count). The minimum Gasteiger partial charge on any atom is -0.312 e. The van der Waals surface area contributed by atoms with E-state index in [1.54, 1.807) is 0 Å². The maximum atomic E-state index is 3.89. The van der Waals surface area contributed by atoms with Gasteiger partial charge >= 0.3 is 0 Å². The molecule has 1 atom stereocenters. The summed E-state index contributed by atoms with van der Waals surface area (Å²) in [7, 11) is 0. The van der Waals surface area contributed by atoms with Crippen molar-refractivity contribution in [3.8, 4) is 0 Å². The molecule has 0 bridgehead atoms. The van der Waals surface area contributed by atoms with Gasteiger partial charge < -0.3 is 5.32 Å². The molecule has 0 aromatic carbocycles. The number of nitrogens with one attached hydrogen (secondary N) is 1. The summed E-state index contributed by atoms with van der Waals surface area (Å²) in [6.45, 7) is 6.38. The van der Waals surface area contributed by atoms with Crippen LogP contribution in [0.25, 0.3) is 0 Å². The fourth-order valence-electron chi connectivity index (χ4n) is 4.39. The molecule has 1 saturated heterocycles. The summed E-state index contributed by atoms with van der Waals surface area (Å²) < 4.78 is 0. The van der Waals surface area contributed by atoms with E-state index in [2.05, 4.69) is 17.1 Å². The number of hydrogen-bond acceptors (Lipinski definition) is 2. The molecule has 1 heterocycles. The third-order valence-corrected chi connectivity index (χ3v) is 5.74. The van der Waals surface area contributed by atoms with Gasteiger partial charge in [0.2, 0.25) is 0 Å². The van der Waals surface area contributed by atoms with Gasteiger partial charge in [-0.25, -0.2) is 0 Å². The second-order valence-electron chi connectivity index (χ2n) is 7.48. The molecule has 0 aromatic heterocycles. The lowest BCUT2D eigenvalue weighted by atomic mass is 9.80. The van der Waals surface area contributed by atoms with E-state index in [4.69, 9.17) is 0 Å². The van der Waals surface area contributed by atoms with Gasteiger partial charge in [0.05, 0.1) is 0 Å². The first-order chi connectivity index (χ1) is 9.31. The van der Waals surface area contributed by atoms with Gasteiger partial charge in [-0.2, -0.15) is 0 Å². The first kappa shape index (κ1) is 13.9. The van der Waals surface area contributed by atoms with Gasteiger partial charge in [-0.1, -0.05) is 26.2 Å². The van der Waals surface area contributed by atoms with E-state index >= 15 is 0 Å². The molecule has 3 fully saturated rings. The van der Waals surface area contributed by atoms with Gasteiger partial charge in [0.25, 0.3) is 0 Å². The number of hydrogen-bond donors (Lipinski definition) is 1. The Bertz CT molecular complexity index is 266. The van der Waals surface area contributed by atoms with E-state index < -0.39 is 0 Å². The quantitative estimate of drug-likeness (QED) is 0.837. The third kappa shape index (κ3) is 3.72. The maximum Gasteiger partial charge on any atom is 0.0195 e. The van der Waals surface area contributed by atoms with Crippen LogP contribution in [0.15, 0.2) is 0 Å². The van der Waals surface area contributed by atoms with Gasteiger partial charge in [-0.15, -0.1) is 0 Å². The molecule has 2 saturated carbocycles. The molecule has 0 amide bonds. The van der Waals surface area contributed by atoms with Crippen LogP contribution in [0.5, 0.6) is 0 Å². The van der Waals surface area contributed by atoms with Gasteiger partial charge in [0.1, 0.15) is 0 Å². The Morgan fingerprint density at radius 1 is 1.00 bits per heavy atom. The lowest BCUT2D eigenvalue weighted by molar-refractivity contribution is 0.0556. The third-order valence-electron chi connectivity index (χ3n) is 5.74. The zero-order valence-electron chi connectivity index (χ0n) is 12.7. The smallest absolute Gasteiger partial charge is 0.0195 e. The van der Waals surface area contributed by atoms with Crippen molar-refractivity contribution in [1.29, 1.82) is 0 Å². The Morgan fingerprint density at radius 2 is 1.79 bits per heavy atom. The van der Waals surface area contributed by atoms with Crippen molar-refractivity contribution in [2.45, 2.75) is 76.8 Å². The Hall–Kier alpha value is -0.0800. The van der Waals surface area contributed by atoms with Crippen molar-refractivity contribution in [1.82, 2.24) is 10.2 Å². The van der Waals surface area contributed by atoms with Gasteiger partial charge in [-0.05, 0) is 63.5 Å². The molecule has 1 unspecified atom stereocenters. The minimum atomic E-state index is 0.784. The predicted molar refractivity (Wildman–Crippen MR) is 81.4 cm³/mol. The van der Waals surface area contributed by atoms with Crippen LogP contribution in [-0.2, 0) is 0 Å². The van der Waals surface area contributed by atoms with E-state index in [1.165, 1.54) is 77.4 Å². The lowest BCUT2D eigenvalue weighted by Crippen LogP contribution is -2.53. The number of rotatable bonds is 4. The first-order valence-corrected chi connectivity index (χ1v) is 8.78. The van der Waals surface area contributed by atoms with Crippen LogP contribution in [0.3, 0.4) is 0 Å². The van der Waals surface area contributed by atoms with Crippen molar-refractivity contribution < 1.29 is 0 Å². The van der Waals surface area contributed by atoms with Crippen LogP contribution in [0.1, 0.15) is 64.7 Å². The topological polar surface area (TPSA) is 15.3 Å². The summed E-state index contributed by atoms with van der Waals surface area (Å²) in [4.78, 5) is 2.78. The Morgan fingerprint density at radius 3 is 2.53 bits per heavy atom. The SMILES string of the molecule is CC1CC(N2CCCC(NCC3CCCCC3)C2)C1. The first-order valence-electron chi connectivity index (χ1n) is 8.78. The molecule has 1 aliphatic heterocycles. The van der Waals surface area contributed by atoms with Crippen molar-refractivity contribution >= 4 is 0 Å². The highest BCUT2D eigenvalue weighted by molar-refractivity contribution is 4.89. The molecule has 0 radical (unpaired) electrons. The molecule has 19 heavy (non-hydrogen) atoms. The summed E-state index contributed by atoms with van der Waals surface area (Å²) in [5.41, 5.74) is 0. The van der Waals surface area contributed by atoms with Crippen LogP contribution in [0.2, 0.25) is 0 Å². The van der Waals surface area contributed by atoms with Crippen LogP contribution in [-0.4, -0.2) is 36.6 Å². The van der Waals surface area contributed by atoms with E-state index in [1.807, 2.05) is 0 Å². The monoisotopic (exact) mass is 264 g/mol. The maximum absolute atomic E-state index is 3.89. The fraction of sp³-hybridized carbons (Fsp3) is 1.00. The zero-order chi connectivity index (χ0) is 13.1. The summed E-state index contributed by atoms with van der Waals surface area (Å²) in [6.07, 6.45) is 13.1. The fourth-order valence-corrected chi connectivity index (χ4v) is 4.39. The van der Waals surface area contributed by atoms with Crippen molar-refractivity contribution in [3.05, 3.63) is 0 Å². The minimum absolute atomic E-state index is 0.784. The largest absolute Gasteiger partial charge is 0.312 e. The number of nitrogens with zero attached hydrogens (tertiary/aromatic N) is 1. The van der Waals surface area contributed by atoms with Gasteiger partial charge in [0, 0.05) is 18.6 Å². The average molecular weight is 264 g/mol. The second kappa shape index (κ2) is 6.58. The van der Waals surface area contributed by atoms with E-state index in [9.17, 15) is 0 Å². The normalized spacial score (nSPS) is 38.1. The molecule has 110 valence electrons. The molecular weight excluding hydrogens is 232 g/mol. The van der Waals surface area contributed by atoms with E-state index in [0.29, 0.717) is 0 Å². The van der Waals surface area contributed by atoms with Crippen LogP contribution in [0, 0.1) is 11.8 Å². The molecule has 0 aromatic rings. The van der Waals surface area contributed by atoms with Crippen molar-refractivity contribution in [2.75, 3.05) is 19.6 Å². The average Bonchev–Trinajstić information content (AvgIpc) is 2.43. The highest BCUT2D eigenvalue weighted by atomic mass is 15.2. The van der Waals surface area contributed by atoms with Crippen molar-refractivity contribution in [3.63, 3.8) is 0 Å². The highest BCUT2D eigenvalue weighted by Gasteiger charge is 2.33. The van der Waals surface area contributed by atoms with E-state index in [-0.39, 0.29) is 0 Å². The molecule has 0 spiro atoms.